The van der Waals surface area contributed by atoms with Crippen molar-refractivity contribution in [2.75, 3.05) is 26.7 Å². The monoisotopic (exact) mass is 486 g/mol. The highest BCUT2D eigenvalue weighted by Gasteiger charge is 2.36. The number of halogens is 1. The van der Waals surface area contributed by atoms with Crippen molar-refractivity contribution >= 4 is 52.3 Å². The van der Waals surface area contributed by atoms with Crippen LogP contribution in [-0.4, -0.2) is 65.8 Å². The topological polar surface area (TPSA) is 82.1 Å². The van der Waals surface area contributed by atoms with Gasteiger partial charge >= 0.3 is 0 Å². The molecule has 1 unspecified atom stereocenters. The molecule has 0 aromatic heterocycles. The summed E-state index contributed by atoms with van der Waals surface area (Å²) >= 11 is 7.37. The lowest BCUT2D eigenvalue weighted by Gasteiger charge is -2.41. The third kappa shape index (κ3) is 6.36. The zero-order valence-electron chi connectivity index (χ0n) is 18.8. The van der Waals surface area contributed by atoms with Crippen LogP contribution in [0, 0.1) is 0 Å². The van der Waals surface area contributed by atoms with Gasteiger partial charge in [0.25, 0.3) is 0 Å². The second-order valence-electron chi connectivity index (χ2n) is 7.78. The summed E-state index contributed by atoms with van der Waals surface area (Å²) < 4.78 is 0. The zero-order chi connectivity index (χ0) is 24.0. The Kier molecular flexibility index (Phi) is 8.52. The van der Waals surface area contributed by atoms with Crippen LogP contribution in [-0.2, 0) is 9.59 Å². The minimum atomic E-state index is -0.524. The minimum Gasteiger partial charge on any atom is -0.354 e. The van der Waals surface area contributed by atoms with Crippen LogP contribution in [0.5, 0.6) is 0 Å². The van der Waals surface area contributed by atoms with Crippen LogP contribution in [0.15, 0.2) is 53.5 Å². The highest BCUT2D eigenvalue weighted by atomic mass is 35.5. The Morgan fingerprint density at radius 2 is 1.97 bits per heavy atom. The van der Waals surface area contributed by atoms with Gasteiger partial charge in [-0.3, -0.25) is 14.4 Å². The van der Waals surface area contributed by atoms with E-state index in [1.807, 2.05) is 49.2 Å². The highest BCUT2D eigenvalue weighted by Crippen LogP contribution is 2.35. The fraction of sp³-hybridized carbons (Fsp3) is 0.333. The number of hydrogen-bond acceptors (Lipinski definition) is 5. The molecule has 1 N–H and O–H groups in total. The van der Waals surface area contributed by atoms with E-state index in [0.717, 1.165) is 11.8 Å². The minimum absolute atomic E-state index is 0.0245. The van der Waals surface area contributed by atoms with Gasteiger partial charge in [-0.05, 0) is 30.7 Å². The molecule has 1 saturated heterocycles. The number of amides is 2. The SMILES string of the molecule is CCN(C)C(=Nc1ccc(Cl)cc1C=O)SC(C(=O)N1CC(NC(C)=O)C1)c1ccccc1. The number of hydrogen-bond donors (Lipinski definition) is 1. The predicted octanol–water partition coefficient (Wildman–Crippen LogP) is 3.91. The number of rotatable bonds is 7. The molecule has 33 heavy (non-hydrogen) atoms. The lowest BCUT2D eigenvalue weighted by atomic mass is 10.1. The number of carbonyl (C=O) groups is 3. The quantitative estimate of drug-likeness (QED) is 0.364. The lowest BCUT2D eigenvalue weighted by molar-refractivity contribution is -0.137. The van der Waals surface area contributed by atoms with Crippen molar-refractivity contribution in [1.82, 2.24) is 15.1 Å². The van der Waals surface area contributed by atoms with Crippen molar-refractivity contribution in [1.29, 1.82) is 0 Å². The molecule has 0 radical (unpaired) electrons. The summed E-state index contributed by atoms with van der Waals surface area (Å²) in [6.45, 7) is 5.09. The van der Waals surface area contributed by atoms with Crippen molar-refractivity contribution < 1.29 is 14.4 Å². The average Bonchev–Trinajstić information content (AvgIpc) is 2.79. The van der Waals surface area contributed by atoms with Gasteiger partial charge in [0.15, 0.2) is 11.5 Å². The smallest absolute Gasteiger partial charge is 0.240 e. The van der Waals surface area contributed by atoms with Crippen molar-refractivity contribution in [2.24, 2.45) is 4.99 Å². The summed E-state index contributed by atoms with van der Waals surface area (Å²) in [6.07, 6.45) is 0.723. The number of benzene rings is 2. The fourth-order valence-electron chi connectivity index (χ4n) is 3.36. The zero-order valence-corrected chi connectivity index (χ0v) is 20.4. The van der Waals surface area contributed by atoms with E-state index in [-0.39, 0.29) is 17.9 Å². The predicted molar refractivity (Wildman–Crippen MR) is 133 cm³/mol. The molecule has 1 aliphatic rings. The van der Waals surface area contributed by atoms with Crippen molar-refractivity contribution in [3.8, 4) is 0 Å². The standard InChI is InChI=1S/C24H27ClN4O3S/c1-4-28(3)24(27-21-11-10-19(25)12-18(21)15-30)33-22(17-8-6-5-7-9-17)23(32)29-13-20(14-29)26-16(2)31/h5-12,15,20,22H,4,13-14H2,1-3H3,(H,26,31). The molecule has 1 fully saturated rings. The lowest BCUT2D eigenvalue weighted by Crippen LogP contribution is -2.61. The molecule has 1 heterocycles. The Bertz CT molecular complexity index is 1040. The van der Waals surface area contributed by atoms with E-state index in [1.165, 1.54) is 18.7 Å². The summed E-state index contributed by atoms with van der Waals surface area (Å²) in [7, 11) is 1.89. The number of nitrogens with zero attached hydrogens (tertiary/aromatic N) is 3. The number of nitrogens with one attached hydrogen (secondary N) is 1. The Labute approximate surface area is 203 Å². The van der Waals surface area contributed by atoms with Crippen LogP contribution in [0.25, 0.3) is 0 Å². The maximum absolute atomic E-state index is 13.5. The van der Waals surface area contributed by atoms with Gasteiger partial charge < -0.3 is 15.1 Å². The Morgan fingerprint density at radius 3 is 2.58 bits per heavy atom. The molecule has 1 atom stereocenters. The Balaban J connectivity index is 1.91. The molecule has 7 nitrogen and oxygen atoms in total. The van der Waals surface area contributed by atoms with Gasteiger partial charge in [-0.25, -0.2) is 4.99 Å². The van der Waals surface area contributed by atoms with Crippen LogP contribution >= 0.6 is 23.4 Å². The molecule has 2 aromatic rings. The van der Waals surface area contributed by atoms with Crippen molar-refractivity contribution in [2.45, 2.75) is 25.1 Å². The number of amidine groups is 1. The first kappa shape index (κ1) is 24.8. The Hall–Kier alpha value is -2.84. The van der Waals surface area contributed by atoms with Crippen LogP contribution in [0.1, 0.15) is 35.0 Å². The van der Waals surface area contributed by atoms with E-state index in [0.29, 0.717) is 41.1 Å². The normalized spacial score (nSPS) is 14.9. The third-order valence-electron chi connectivity index (χ3n) is 5.28. The summed E-state index contributed by atoms with van der Waals surface area (Å²) in [6, 6.07) is 14.5. The second kappa shape index (κ2) is 11.3. The van der Waals surface area contributed by atoms with Crippen molar-refractivity contribution in [3.63, 3.8) is 0 Å². The van der Waals surface area contributed by atoms with Gasteiger partial charge in [0.05, 0.1) is 11.7 Å². The molecule has 2 amide bonds. The van der Waals surface area contributed by atoms with Gasteiger partial charge in [0.2, 0.25) is 11.8 Å². The largest absolute Gasteiger partial charge is 0.354 e. The van der Waals surface area contributed by atoms with E-state index in [2.05, 4.69) is 5.32 Å². The van der Waals surface area contributed by atoms with Gasteiger partial charge in [0, 0.05) is 44.2 Å². The van der Waals surface area contributed by atoms with Crippen LogP contribution in [0.4, 0.5) is 5.69 Å². The Morgan fingerprint density at radius 1 is 1.27 bits per heavy atom. The summed E-state index contributed by atoms with van der Waals surface area (Å²) in [5.74, 6) is -0.147. The average molecular weight is 487 g/mol. The number of aliphatic imine (C=N–C) groups is 1. The molecule has 9 heteroatoms. The van der Waals surface area contributed by atoms with E-state index >= 15 is 0 Å². The van der Waals surface area contributed by atoms with Gasteiger partial charge in [0.1, 0.15) is 5.25 Å². The maximum Gasteiger partial charge on any atom is 0.240 e. The van der Waals surface area contributed by atoms with E-state index in [9.17, 15) is 14.4 Å². The molecule has 3 rings (SSSR count). The summed E-state index contributed by atoms with van der Waals surface area (Å²) in [5.41, 5.74) is 1.74. The first-order valence-electron chi connectivity index (χ1n) is 10.6. The molecule has 0 saturated carbocycles. The van der Waals surface area contributed by atoms with E-state index < -0.39 is 5.25 Å². The van der Waals surface area contributed by atoms with Crippen LogP contribution < -0.4 is 5.32 Å². The highest BCUT2D eigenvalue weighted by molar-refractivity contribution is 8.14. The molecule has 174 valence electrons. The summed E-state index contributed by atoms with van der Waals surface area (Å²) in [5, 5.41) is 3.39. The molecule has 0 bridgehead atoms. The maximum atomic E-state index is 13.5. The van der Waals surface area contributed by atoms with Crippen molar-refractivity contribution in [3.05, 3.63) is 64.7 Å². The first-order valence-corrected chi connectivity index (χ1v) is 11.9. The van der Waals surface area contributed by atoms with Gasteiger partial charge in [-0.1, -0.05) is 53.7 Å². The van der Waals surface area contributed by atoms with Gasteiger partial charge in [-0.15, -0.1) is 0 Å². The molecular formula is C24H27ClN4O3S. The van der Waals surface area contributed by atoms with E-state index in [1.54, 1.807) is 23.1 Å². The fourth-order valence-corrected chi connectivity index (χ4v) is 4.75. The molecule has 2 aromatic carbocycles. The number of thioether (sulfide) groups is 1. The third-order valence-corrected chi connectivity index (χ3v) is 6.84. The number of carbonyl (C=O) groups excluding carboxylic acids is 3. The molecular weight excluding hydrogens is 460 g/mol. The summed E-state index contributed by atoms with van der Waals surface area (Å²) in [4.78, 5) is 44.7. The number of likely N-dealkylation sites (tertiary alicyclic amines) is 1. The molecule has 0 aliphatic carbocycles. The number of aldehydes is 1. The van der Waals surface area contributed by atoms with Crippen LogP contribution in [0.2, 0.25) is 5.02 Å². The van der Waals surface area contributed by atoms with Gasteiger partial charge in [-0.2, -0.15) is 0 Å². The second-order valence-corrected chi connectivity index (χ2v) is 9.29. The molecule has 1 aliphatic heterocycles. The molecule has 0 spiro atoms. The first-order chi connectivity index (χ1) is 15.8. The van der Waals surface area contributed by atoms with E-state index in [4.69, 9.17) is 16.6 Å². The van der Waals surface area contributed by atoms with Crippen LogP contribution in [0.3, 0.4) is 0 Å².